The molecule has 1 saturated carbocycles. The van der Waals surface area contributed by atoms with Gasteiger partial charge in [-0.05, 0) is 37.9 Å². The van der Waals surface area contributed by atoms with E-state index in [1.165, 1.54) is 0 Å². The van der Waals surface area contributed by atoms with E-state index in [0.717, 1.165) is 12.8 Å². The summed E-state index contributed by atoms with van der Waals surface area (Å²) < 4.78 is 11.3. The van der Waals surface area contributed by atoms with Gasteiger partial charge in [0.15, 0.2) is 11.5 Å². The maximum Gasteiger partial charge on any atom is 0.324 e. The number of methoxy groups -OCH3 is 1. The van der Waals surface area contributed by atoms with Crippen LogP contribution in [0.5, 0.6) is 11.5 Å². The van der Waals surface area contributed by atoms with Crippen LogP contribution < -0.4 is 14.8 Å². The highest BCUT2D eigenvalue weighted by Gasteiger charge is 2.43. The Balaban J connectivity index is 2.12. The van der Waals surface area contributed by atoms with Gasteiger partial charge >= 0.3 is 5.97 Å². The summed E-state index contributed by atoms with van der Waals surface area (Å²) in [4.78, 5) is 11.6. The van der Waals surface area contributed by atoms with E-state index in [1.807, 2.05) is 31.2 Å². The van der Waals surface area contributed by atoms with Gasteiger partial charge in [-0.3, -0.25) is 4.79 Å². The van der Waals surface area contributed by atoms with Crippen molar-refractivity contribution in [3.8, 4) is 11.5 Å². The summed E-state index contributed by atoms with van der Waals surface area (Å²) in [6, 6.07) is 7.46. The second kappa shape index (κ2) is 6.80. The lowest BCUT2D eigenvalue weighted by molar-refractivity contribution is -0.147. The van der Waals surface area contributed by atoms with E-state index >= 15 is 0 Å². The molecule has 0 amide bonds. The zero-order chi connectivity index (χ0) is 15.3. The zero-order valence-corrected chi connectivity index (χ0v) is 12.6. The monoisotopic (exact) mass is 293 g/mol. The smallest absolute Gasteiger partial charge is 0.324 e. The maximum atomic E-state index is 11.6. The van der Waals surface area contributed by atoms with Crippen LogP contribution in [0.3, 0.4) is 0 Å². The highest BCUT2D eigenvalue weighted by Crippen LogP contribution is 2.34. The Morgan fingerprint density at radius 2 is 2.14 bits per heavy atom. The largest absolute Gasteiger partial charge is 0.493 e. The minimum Gasteiger partial charge on any atom is -0.493 e. The molecule has 2 unspecified atom stereocenters. The van der Waals surface area contributed by atoms with Gasteiger partial charge in [-0.1, -0.05) is 19.1 Å². The van der Waals surface area contributed by atoms with Crippen molar-refractivity contribution in [2.45, 2.75) is 44.2 Å². The molecular weight excluding hydrogens is 270 g/mol. The van der Waals surface area contributed by atoms with E-state index in [1.54, 1.807) is 7.11 Å². The molecule has 2 rings (SSSR count). The molecule has 116 valence electrons. The first kappa shape index (κ1) is 15.6. The van der Waals surface area contributed by atoms with Crippen LogP contribution in [0, 0.1) is 0 Å². The molecule has 2 N–H and O–H groups in total. The average Bonchev–Trinajstić information content (AvgIpc) is 2.48. The van der Waals surface area contributed by atoms with Gasteiger partial charge in [0.25, 0.3) is 0 Å². The van der Waals surface area contributed by atoms with Crippen LogP contribution in [-0.2, 0) is 4.79 Å². The molecular formula is C16H23NO4. The lowest BCUT2D eigenvalue weighted by Crippen LogP contribution is -2.56. The summed E-state index contributed by atoms with van der Waals surface area (Å²) in [6.45, 7) is 2.56. The summed E-state index contributed by atoms with van der Waals surface area (Å²) in [7, 11) is 1.60. The van der Waals surface area contributed by atoms with E-state index in [0.29, 0.717) is 30.9 Å². The highest BCUT2D eigenvalue weighted by molar-refractivity contribution is 5.79. The van der Waals surface area contributed by atoms with Crippen LogP contribution in [0.2, 0.25) is 0 Å². The van der Waals surface area contributed by atoms with Crippen molar-refractivity contribution in [2.75, 3.05) is 13.7 Å². The standard InChI is InChI=1S/C16H23NO4/c1-3-17-16(15(18)19)10-6-7-12(11-16)21-14-9-5-4-8-13(14)20-2/h4-5,8-9,12,17H,3,6-7,10-11H2,1-2H3,(H,18,19). The van der Waals surface area contributed by atoms with E-state index in [9.17, 15) is 9.90 Å². The predicted octanol–water partition coefficient (Wildman–Crippen LogP) is 2.45. The molecule has 5 nitrogen and oxygen atoms in total. The van der Waals surface area contributed by atoms with Crippen molar-refractivity contribution in [3.63, 3.8) is 0 Å². The first-order valence-corrected chi connectivity index (χ1v) is 7.39. The molecule has 21 heavy (non-hydrogen) atoms. The number of carboxylic acids is 1. The number of aliphatic carboxylic acids is 1. The minimum absolute atomic E-state index is 0.120. The van der Waals surface area contributed by atoms with E-state index in [2.05, 4.69) is 5.32 Å². The second-order valence-corrected chi connectivity index (χ2v) is 5.40. The fraction of sp³-hybridized carbons (Fsp3) is 0.562. The molecule has 0 aromatic heterocycles. The summed E-state index contributed by atoms with van der Waals surface area (Å²) in [5, 5.41) is 12.7. The molecule has 1 aliphatic carbocycles. The van der Waals surface area contributed by atoms with Gasteiger partial charge in [-0.15, -0.1) is 0 Å². The summed E-state index contributed by atoms with van der Waals surface area (Å²) >= 11 is 0. The number of para-hydroxylation sites is 2. The summed E-state index contributed by atoms with van der Waals surface area (Å²) in [5.74, 6) is 0.549. The highest BCUT2D eigenvalue weighted by atomic mass is 16.5. The third-order valence-electron chi connectivity index (χ3n) is 3.99. The number of hydrogen-bond donors (Lipinski definition) is 2. The number of benzene rings is 1. The van der Waals surface area contributed by atoms with Gasteiger partial charge in [-0.2, -0.15) is 0 Å². The van der Waals surface area contributed by atoms with E-state index < -0.39 is 11.5 Å². The Kier molecular flexibility index (Phi) is 5.07. The molecule has 1 aromatic rings. The van der Waals surface area contributed by atoms with Gasteiger partial charge < -0.3 is 19.9 Å². The molecule has 1 aliphatic rings. The van der Waals surface area contributed by atoms with Crippen molar-refractivity contribution in [3.05, 3.63) is 24.3 Å². The fourth-order valence-electron chi connectivity index (χ4n) is 2.99. The number of ether oxygens (including phenoxy) is 2. The number of hydrogen-bond acceptors (Lipinski definition) is 4. The first-order chi connectivity index (χ1) is 10.1. The molecule has 0 radical (unpaired) electrons. The Labute approximate surface area is 125 Å². The lowest BCUT2D eigenvalue weighted by Gasteiger charge is -2.38. The minimum atomic E-state index is -0.875. The number of rotatable bonds is 6. The Bertz CT molecular complexity index is 487. The molecule has 0 aliphatic heterocycles. The molecule has 0 spiro atoms. The number of carboxylic acid groups (broad SMARTS) is 1. The van der Waals surface area contributed by atoms with Gasteiger partial charge in [0.1, 0.15) is 11.6 Å². The van der Waals surface area contributed by atoms with Crippen molar-refractivity contribution in [1.82, 2.24) is 5.32 Å². The van der Waals surface area contributed by atoms with Gasteiger partial charge in [-0.25, -0.2) is 0 Å². The molecule has 2 atom stereocenters. The summed E-state index contributed by atoms with van der Waals surface area (Å²) in [5.41, 5.74) is -0.875. The number of likely N-dealkylation sites (N-methyl/N-ethyl adjacent to an activating group) is 1. The quantitative estimate of drug-likeness (QED) is 0.843. The lowest BCUT2D eigenvalue weighted by atomic mass is 9.80. The van der Waals surface area contributed by atoms with Gasteiger partial charge in [0, 0.05) is 6.42 Å². The van der Waals surface area contributed by atoms with Crippen LogP contribution in [0.15, 0.2) is 24.3 Å². The summed E-state index contributed by atoms with van der Waals surface area (Å²) in [6.07, 6.45) is 2.68. The van der Waals surface area contributed by atoms with Crippen LogP contribution in [0.1, 0.15) is 32.6 Å². The SMILES string of the molecule is CCNC1(C(=O)O)CCCC(Oc2ccccc2OC)C1. The fourth-order valence-corrected chi connectivity index (χ4v) is 2.99. The molecule has 0 bridgehead atoms. The topological polar surface area (TPSA) is 67.8 Å². The molecule has 1 aromatic carbocycles. The Hall–Kier alpha value is -1.75. The van der Waals surface area contributed by atoms with Crippen molar-refractivity contribution in [1.29, 1.82) is 0 Å². The van der Waals surface area contributed by atoms with E-state index in [-0.39, 0.29) is 6.10 Å². The van der Waals surface area contributed by atoms with Gasteiger partial charge in [0.2, 0.25) is 0 Å². The Morgan fingerprint density at radius 3 is 2.76 bits per heavy atom. The maximum absolute atomic E-state index is 11.6. The molecule has 0 saturated heterocycles. The third kappa shape index (κ3) is 3.47. The third-order valence-corrected chi connectivity index (χ3v) is 3.99. The second-order valence-electron chi connectivity index (χ2n) is 5.40. The molecule has 1 fully saturated rings. The van der Waals surface area contributed by atoms with Crippen LogP contribution in [0.4, 0.5) is 0 Å². The van der Waals surface area contributed by atoms with Crippen LogP contribution >= 0.6 is 0 Å². The normalized spacial score (nSPS) is 25.3. The Morgan fingerprint density at radius 1 is 1.43 bits per heavy atom. The van der Waals surface area contributed by atoms with Crippen molar-refractivity contribution >= 4 is 5.97 Å². The van der Waals surface area contributed by atoms with Gasteiger partial charge in [0.05, 0.1) is 7.11 Å². The average molecular weight is 293 g/mol. The number of nitrogens with one attached hydrogen (secondary N) is 1. The zero-order valence-electron chi connectivity index (χ0n) is 12.6. The van der Waals surface area contributed by atoms with Crippen molar-refractivity contribution in [2.24, 2.45) is 0 Å². The molecule has 0 heterocycles. The predicted molar refractivity (Wildman–Crippen MR) is 79.9 cm³/mol. The number of carbonyl (C=O) groups is 1. The first-order valence-electron chi connectivity index (χ1n) is 7.39. The van der Waals surface area contributed by atoms with Crippen LogP contribution in [-0.4, -0.2) is 36.4 Å². The molecule has 5 heteroatoms. The van der Waals surface area contributed by atoms with Crippen LogP contribution in [0.25, 0.3) is 0 Å². The van der Waals surface area contributed by atoms with Crippen molar-refractivity contribution < 1.29 is 19.4 Å². The van der Waals surface area contributed by atoms with E-state index in [4.69, 9.17) is 9.47 Å².